The van der Waals surface area contributed by atoms with E-state index in [-0.39, 0.29) is 60.1 Å². The fourth-order valence-corrected chi connectivity index (χ4v) is 4.65. The largest absolute Gasteiger partial charge is 0.479 e. The molecule has 0 fully saturated rings. The molecule has 2 N–H and O–H groups in total. The minimum Gasteiger partial charge on any atom is -0.479 e. The van der Waals surface area contributed by atoms with Crippen LogP contribution in [0, 0.1) is 0 Å². The maximum Gasteiger partial charge on any atom is 0.331 e. The highest BCUT2D eigenvalue weighted by Crippen LogP contribution is 2.35. The van der Waals surface area contributed by atoms with E-state index >= 15 is 0 Å². The average molecular weight is 663 g/mol. The molecule has 14 heteroatoms. The lowest BCUT2D eigenvalue weighted by Crippen LogP contribution is -2.40. The van der Waals surface area contributed by atoms with Gasteiger partial charge in [-0.3, -0.25) is 28.8 Å². The Hall–Kier alpha value is -6.05. The van der Waals surface area contributed by atoms with Crippen LogP contribution in [-0.2, 0) is 24.0 Å². The van der Waals surface area contributed by atoms with Crippen LogP contribution in [0.25, 0.3) is 0 Å². The highest BCUT2D eigenvalue weighted by atomic mass is 16.6. The van der Waals surface area contributed by atoms with Crippen molar-refractivity contribution >= 4 is 41.7 Å². The second kappa shape index (κ2) is 17.0. The fraction of sp³-hybridized carbons (Fsp3) is 0.265. The molecule has 2 amide bonds. The molecule has 3 aromatic carbocycles. The summed E-state index contributed by atoms with van der Waals surface area (Å²) in [4.78, 5) is 87.6. The van der Waals surface area contributed by atoms with Crippen molar-refractivity contribution in [3.63, 3.8) is 0 Å². The molecule has 0 aliphatic carbocycles. The Balaban J connectivity index is 1.87. The molecule has 48 heavy (non-hydrogen) atoms. The summed E-state index contributed by atoms with van der Waals surface area (Å²) >= 11 is 0. The summed E-state index contributed by atoms with van der Waals surface area (Å²) in [5, 5.41) is 12.9. The van der Waals surface area contributed by atoms with E-state index in [2.05, 4.69) is 5.32 Å². The van der Waals surface area contributed by atoms with Gasteiger partial charge in [0, 0.05) is 40.8 Å². The number of benzene rings is 3. The molecule has 3 aromatic rings. The highest BCUT2D eigenvalue weighted by molar-refractivity contribution is 6.01. The van der Waals surface area contributed by atoms with Crippen molar-refractivity contribution in [3.8, 4) is 23.0 Å². The minimum absolute atomic E-state index is 0.0574. The highest BCUT2D eigenvalue weighted by Gasteiger charge is 2.34. The number of hydrogen-bond donors (Lipinski definition) is 2. The van der Waals surface area contributed by atoms with Crippen LogP contribution in [0.2, 0.25) is 0 Å². The smallest absolute Gasteiger partial charge is 0.331 e. The molecule has 0 heterocycles. The number of carbonyl (C=O) groups excluding carboxylic acids is 6. The van der Waals surface area contributed by atoms with Crippen LogP contribution in [0.5, 0.6) is 23.0 Å². The van der Waals surface area contributed by atoms with Gasteiger partial charge in [0.1, 0.15) is 0 Å². The van der Waals surface area contributed by atoms with E-state index in [1.807, 2.05) is 0 Å². The summed E-state index contributed by atoms with van der Waals surface area (Å²) in [6.07, 6.45) is 0.451. The Morgan fingerprint density at radius 1 is 0.646 bits per heavy atom. The Bertz CT molecular complexity index is 1700. The van der Waals surface area contributed by atoms with E-state index in [9.17, 15) is 38.7 Å². The number of carboxylic acid groups (broad SMARTS) is 1. The molecule has 0 aromatic heterocycles. The van der Waals surface area contributed by atoms with Crippen LogP contribution in [0.15, 0.2) is 66.7 Å². The van der Waals surface area contributed by atoms with E-state index < -0.39 is 47.7 Å². The van der Waals surface area contributed by atoms with Crippen molar-refractivity contribution in [3.05, 3.63) is 83.4 Å². The number of aliphatic carboxylic acids is 1. The number of nitrogens with zero attached hydrogens (tertiary/aromatic N) is 1. The predicted molar refractivity (Wildman–Crippen MR) is 168 cm³/mol. The number of nitrogens with one attached hydrogen (secondary N) is 1. The van der Waals surface area contributed by atoms with Crippen molar-refractivity contribution in [2.75, 3.05) is 13.1 Å². The van der Waals surface area contributed by atoms with Crippen molar-refractivity contribution in [2.24, 2.45) is 0 Å². The first-order valence-electron chi connectivity index (χ1n) is 14.7. The fourth-order valence-electron chi connectivity index (χ4n) is 4.65. The second-order valence-corrected chi connectivity index (χ2v) is 10.3. The first-order chi connectivity index (χ1) is 22.8. The summed E-state index contributed by atoms with van der Waals surface area (Å²) in [5.74, 6) is -6.68. The second-order valence-electron chi connectivity index (χ2n) is 10.3. The molecule has 0 bridgehead atoms. The van der Waals surface area contributed by atoms with Gasteiger partial charge in [0.15, 0.2) is 29.0 Å². The SMILES string of the molecule is CC(=O)Oc1cccc(C(=O)NCCCCN(C(=O)c2cccc(OC(C)=O)c2OC(C)=O)C(C(=O)O)c2ccccc2)c1OC(C)=O. The summed E-state index contributed by atoms with van der Waals surface area (Å²) in [6, 6.07) is 14.8. The topological polar surface area (TPSA) is 192 Å². The van der Waals surface area contributed by atoms with Crippen LogP contribution in [-0.4, -0.2) is 64.8 Å². The summed E-state index contributed by atoms with van der Waals surface area (Å²) < 4.78 is 20.6. The normalized spacial score (nSPS) is 11.0. The molecule has 1 atom stereocenters. The van der Waals surface area contributed by atoms with Gasteiger partial charge >= 0.3 is 29.8 Å². The molecule has 3 rings (SSSR count). The number of para-hydroxylation sites is 2. The molecule has 0 saturated carbocycles. The lowest BCUT2D eigenvalue weighted by Gasteiger charge is -2.30. The van der Waals surface area contributed by atoms with Crippen LogP contribution in [0.1, 0.15) is 72.9 Å². The Labute approximate surface area is 275 Å². The Morgan fingerprint density at radius 3 is 1.65 bits per heavy atom. The number of carboxylic acids is 1. The number of hydrogen-bond acceptors (Lipinski definition) is 11. The van der Waals surface area contributed by atoms with Crippen LogP contribution >= 0.6 is 0 Å². The van der Waals surface area contributed by atoms with Crippen molar-refractivity contribution < 1.29 is 57.6 Å². The average Bonchev–Trinajstić information content (AvgIpc) is 3.01. The van der Waals surface area contributed by atoms with Crippen molar-refractivity contribution in [2.45, 2.75) is 46.6 Å². The number of esters is 4. The van der Waals surface area contributed by atoms with Gasteiger partial charge in [0.2, 0.25) is 0 Å². The molecule has 0 spiro atoms. The predicted octanol–water partition coefficient (Wildman–Crippen LogP) is 3.87. The first kappa shape index (κ1) is 36.4. The zero-order valence-corrected chi connectivity index (χ0v) is 26.6. The molecule has 14 nitrogen and oxygen atoms in total. The van der Waals surface area contributed by atoms with E-state index in [4.69, 9.17) is 18.9 Å². The lowest BCUT2D eigenvalue weighted by molar-refractivity contribution is -0.143. The van der Waals surface area contributed by atoms with E-state index in [0.29, 0.717) is 5.56 Å². The Morgan fingerprint density at radius 2 is 1.15 bits per heavy atom. The van der Waals surface area contributed by atoms with Crippen molar-refractivity contribution in [1.29, 1.82) is 0 Å². The van der Waals surface area contributed by atoms with E-state index in [0.717, 1.165) is 32.6 Å². The molecule has 1 unspecified atom stereocenters. The molecular weight excluding hydrogens is 628 g/mol. The third kappa shape index (κ3) is 9.97. The summed E-state index contributed by atoms with van der Waals surface area (Å²) in [7, 11) is 0. The van der Waals surface area contributed by atoms with Gasteiger partial charge in [0.25, 0.3) is 11.8 Å². The number of carbonyl (C=O) groups is 7. The van der Waals surface area contributed by atoms with Gasteiger partial charge in [-0.05, 0) is 42.7 Å². The summed E-state index contributed by atoms with van der Waals surface area (Å²) in [6.45, 7) is 4.43. The zero-order valence-electron chi connectivity index (χ0n) is 26.6. The standard InChI is InChI=1S/C34H34N2O12/c1-20(37)45-27-16-10-14-25(30(27)47-22(3)39)32(41)35-18-8-9-19-36(29(34(43)44)24-12-6-5-7-13-24)33(42)26-15-11-17-28(46-21(2)38)31(26)48-23(4)40/h5-7,10-17,29H,8-9,18-19H2,1-4H3,(H,35,41)(H,43,44). The number of rotatable bonds is 14. The third-order valence-corrected chi connectivity index (χ3v) is 6.46. The van der Waals surface area contributed by atoms with Gasteiger partial charge in [-0.1, -0.05) is 42.5 Å². The lowest BCUT2D eigenvalue weighted by atomic mass is 10.0. The van der Waals surface area contributed by atoms with E-state index in [1.165, 1.54) is 36.4 Å². The van der Waals surface area contributed by atoms with E-state index in [1.54, 1.807) is 30.3 Å². The van der Waals surface area contributed by atoms with Gasteiger partial charge in [0.05, 0.1) is 11.1 Å². The minimum atomic E-state index is -1.47. The first-order valence-corrected chi connectivity index (χ1v) is 14.7. The van der Waals surface area contributed by atoms with Crippen molar-refractivity contribution in [1.82, 2.24) is 10.2 Å². The van der Waals surface area contributed by atoms with Crippen LogP contribution < -0.4 is 24.3 Å². The zero-order chi connectivity index (χ0) is 35.4. The third-order valence-electron chi connectivity index (χ3n) is 6.46. The van der Waals surface area contributed by atoms with Gasteiger partial charge in [-0.25, -0.2) is 4.79 Å². The van der Waals surface area contributed by atoms with Crippen LogP contribution in [0.3, 0.4) is 0 Å². The monoisotopic (exact) mass is 662 g/mol. The van der Waals surface area contributed by atoms with Gasteiger partial charge in [-0.2, -0.15) is 0 Å². The maximum absolute atomic E-state index is 14.1. The van der Waals surface area contributed by atoms with Crippen LogP contribution in [0.4, 0.5) is 0 Å². The molecule has 0 radical (unpaired) electrons. The number of amides is 2. The van der Waals surface area contributed by atoms with Gasteiger partial charge < -0.3 is 34.3 Å². The molecule has 0 aliphatic heterocycles. The maximum atomic E-state index is 14.1. The molecule has 252 valence electrons. The number of ether oxygens (including phenoxy) is 4. The quantitative estimate of drug-likeness (QED) is 0.144. The van der Waals surface area contributed by atoms with Gasteiger partial charge in [-0.15, -0.1) is 0 Å². The number of unbranched alkanes of at least 4 members (excludes halogenated alkanes) is 1. The molecule has 0 saturated heterocycles. The summed E-state index contributed by atoms with van der Waals surface area (Å²) in [5.41, 5.74) is 0.00836. The molecular formula is C34H34N2O12. The molecule has 0 aliphatic rings. The Kier molecular flexibility index (Phi) is 12.9.